The van der Waals surface area contributed by atoms with Crippen molar-refractivity contribution < 1.29 is 18.8 Å². The zero-order chi connectivity index (χ0) is 13.8. The van der Waals surface area contributed by atoms with Gasteiger partial charge in [0.25, 0.3) is 0 Å². The van der Waals surface area contributed by atoms with Crippen LogP contribution in [0.15, 0.2) is 0 Å². The number of hydrogen-bond acceptors (Lipinski definition) is 5. The van der Waals surface area contributed by atoms with Crippen molar-refractivity contribution >= 4 is 15.7 Å². The summed E-state index contributed by atoms with van der Waals surface area (Å²) >= 11 is 0. The van der Waals surface area contributed by atoms with E-state index in [-0.39, 0.29) is 17.6 Å². The molecular formula is C11H22N2O4S. The van der Waals surface area contributed by atoms with E-state index in [0.29, 0.717) is 12.2 Å². The molecule has 1 aliphatic rings. The highest BCUT2D eigenvalue weighted by Crippen LogP contribution is 2.31. The van der Waals surface area contributed by atoms with E-state index in [2.05, 4.69) is 6.92 Å². The van der Waals surface area contributed by atoms with Crippen LogP contribution in [0.1, 0.15) is 26.2 Å². The first kappa shape index (κ1) is 15.4. The second kappa shape index (κ2) is 5.99. The lowest BCUT2D eigenvalue weighted by molar-refractivity contribution is -0.138. The van der Waals surface area contributed by atoms with Gasteiger partial charge in [-0.25, -0.2) is 4.21 Å². The van der Waals surface area contributed by atoms with Crippen molar-refractivity contribution in [3.63, 3.8) is 0 Å². The first-order valence-corrected chi connectivity index (χ1v) is 7.94. The number of rotatable bonds is 8. The van der Waals surface area contributed by atoms with Gasteiger partial charge in [-0.15, -0.1) is 0 Å². The Bertz CT molecular complexity index is 390. The van der Waals surface area contributed by atoms with E-state index in [0.717, 1.165) is 19.6 Å². The minimum absolute atomic E-state index is 0.0632. The SMILES string of the molecule is CC1(CCCS(=N)(=O)CC[C@H](N)C(=O)O)COC1. The fraction of sp³-hybridized carbons (Fsp3) is 0.909. The molecule has 1 rings (SSSR count). The predicted octanol–water partition coefficient (Wildman–Crippen LogP) is 0.652. The van der Waals surface area contributed by atoms with Crippen LogP contribution in [0.5, 0.6) is 0 Å². The molecule has 0 aromatic heterocycles. The van der Waals surface area contributed by atoms with E-state index >= 15 is 0 Å². The van der Waals surface area contributed by atoms with E-state index in [1.165, 1.54) is 0 Å². The molecule has 1 fully saturated rings. The normalized spacial score (nSPS) is 22.8. The van der Waals surface area contributed by atoms with Crippen LogP contribution in [-0.4, -0.2) is 46.0 Å². The molecule has 1 aliphatic heterocycles. The quantitative estimate of drug-likeness (QED) is 0.603. The Morgan fingerprint density at radius 2 is 2.17 bits per heavy atom. The lowest BCUT2D eigenvalue weighted by Gasteiger charge is -2.38. The van der Waals surface area contributed by atoms with Crippen molar-refractivity contribution in [3.05, 3.63) is 0 Å². The third-order valence-corrected chi connectivity index (χ3v) is 5.07. The van der Waals surface area contributed by atoms with Crippen LogP contribution in [0.25, 0.3) is 0 Å². The number of ether oxygens (including phenoxy) is 1. The van der Waals surface area contributed by atoms with Crippen molar-refractivity contribution in [2.45, 2.75) is 32.2 Å². The van der Waals surface area contributed by atoms with E-state index in [1.54, 1.807) is 0 Å². The number of carboxylic acid groups (broad SMARTS) is 1. The maximum atomic E-state index is 11.9. The van der Waals surface area contributed by atoms with E-state index < -0.39 is 21.7 Å². The number of nitrogens with two attached hydrogens (primary N) is 1. The second-order valence-electron chi connectivity index (χ2n) is 5.36. The van der Waals surface area contributed by atoms with Gasteiger partial charge in [-0.3, -0.25) is 9.57 Å². The van der Waals surface area contributed by atoms with E-state index in [4.69, 9.17) is 20.4 Å². The van der Waals surface area contributed by atoms with Crippen LogP contribution in [0.3, 0.4) is 0 Å². The molecule has 0 radical (unpaired) electrons. The van der Waals surface area contributed by atoms with Gasteiger partial charge in [0.1, 0.15) is 6.04 Å². The highest BCUT2D eigenvalue weighted by molar-refractivity contribution is 7.92. The molecule has 18 heavy (non-hydrogen) atoms. The standard InChI is InChI=1S/C11H22N2O4S/c1-11(7-17-8-11)4-2-5-18(13,16)6-3-9(12)10(14)15/h9,13H,2-8,12H2,1H3,(H,14,15)/t9-,18?/m0/s1. The third kappa shape index (κ3) is 4.91. The average Bonchev–Trinajstić information content (AvgIpc) is 2.23. The molecule has 0 saturated carbocycles. The fourth-order valence-electron chi connectivity index (χ4n) is 1.87. The molecule has 1 saturated heterocycles. The van der Waals surface area contributed by atoms with Gasteiger partial charge in [-0.1, -0.05) is 6.92 Å². The monoisotopic (exact) mass is 278 g/mol. The Morgan fingerprint density at radius 1 is 1.56 bits per heavy atom. The van der Waals surface area contributed by atoms with Gasteiger partial charge in [0.15, 0.2) is 0 Å². The Kier molecular flexibility index (Phi) is 5.12. The minimum atomic E-state index is -2.70. The molecule has 1 unspecified atom stereocenters. The molecule has 106 valence electrons. The minimum Gasteiger partial charge on any atom is -0.480 e. The molecule has 6 nitrogen and oxygen atoms in total. The van der Waals surface area contributed by atoms with Gasteiger partial charge in [0, 0.05) is 26.6 Å². The summed E-state index contributed by atoms with van der Waals surface area (Å²) in [7, 11) is -2.70. The van der Waals surface area contributed by atoms with Gasteiger partial charge in [0.2, 0.25) is 0 Å². The van der Waals surface area contributed by atoms with E-state index in [1.807, 2.05) is 0 Å². The number of carbonyl (C=O) groups is 1. The maximum Gasteiger partial charge on any atom is 0.320 e. The fourth-order valence-corrected chi connectivity index (χ4v) is 3.32. The zero-order valence-corrected chi connectivity index (χ0v) is 11.5. The van der Waals surface area contributed by atoms with Crippen molar-refractivity contribution in [1.82, 2.24) is 0 Å². The van der Waals surface area contributed by atoms with Crippen LogP contribution >= 0.6 is 0 Å². The number of hydrogen-bond donors (Lipinski definition) is 3. The summed E-state index contributed by atoms with van der Waals surface area (Å²) in [5.41, 5.74) is 5.50. The van der Waals surface area contributed by atoms with Crippen LogP contribution in [0, 0.1) is 10.2 Å². The van der Waals surface area contributed by atoms with Gasteiger partial charge in [-0.05, 0) is 19.3 Å². The number of aliphatic carboxylic acids is 1. The molecule has 1 heterocycles. The molecule has 4 N–H and O–H groups in total. The second-order valence-corrected chi connectivity index (χ2v) is 7.80. The molecule has 0 aromatic rings. The molecule has 2 atom stereocenters. The zero-order valence-electron chi connectivity index (χ0n) is 10.7. The first-order valence-electron chi connectivity index (χ1n) is 6.04. The molecule has 0 bridgehead atoms. The topological polar surface area (TPSA) is 113 Å². The Morgan fingerprint density at radius 3 is 2.61 bits per heavy atom. The summed E-state index contributed by atoms with van der Waals surface area (Å²) in [4.78, 5) is 10.5. The van der Waals surface area contributed by atoms with Crippen LogP contribution in [-0.2, 0) is 19.3 Å². The largest absolute Gasteiger partial charge is 0.480 e. The third-order valence-electron chi connectivity index (χ3n) is 3.23. The maximum absolute atomic E-state index is 11.9. The predicted molar refractivity (Wildman–Crippen MR) is 69.0 cm³/mol. The van der Waals surface area contributed by atoms with Crippen molar-refractivity contribution in [1.29, 1.82) is 4.78 Å². The Balaban J connectivity index is 2.25. The van der Waals surface area contributed by atoms with Crippen LogP contribution < -0.4 is 5.73 Å². The highest BCUT2D eigenvalue weighted by Gasteiger charge is 2.32. The molecule has 0 aromatic carbocycles. The summed E-state index contributed by atoms with van der Waals surface area (Å²) < 4.78 is 24.7. The Labute approximate surface area is 108 Å². The van der Waals surface area contributed by atoms with Gasteiger partial charge < -0.3 is 15.6 Å². The molecule has 0 aliphatic carbocycles. The molecule has 0 amide bonds. The van der Waals surface area contributed by atoms with Crippen molar-refractivity contribution in [3.8, 4) is 0 Å². The first-order chi connectivity index (χ1) is 8.24. The Hall–Kier alpha value is -0.660. The van der Waals surface area contributed by atoms with E-state index in [9.17, 15) is 9.00 Å². The van der Waals surface area contributed by atoms with Gasteiger partial charge >= 0.3 is 5.97 Å². The lowest BCUT2D eigenvalue weighted by atomic mass is 9.84. The molecule has 7 heteroatoms. The summed E-state index contributed by atoms with van der Waals surface area (Å²) in [6, 6.07) is -1.02. The van der Waals surface area contributed by atoms with Crippen molar-refractivity contribution in [2.75, 3.05) is 24.7 Å². The van der Waals surface area contributed by atoms with Crippen LogP contribution in [0.4, 0.5) is 0 Å². The van der Waals surface area contributed by atoms with Crippen molar-refractivity contribution in [2.24, 2.45) is 11.1 Å². The molecule has 0 spiro atoms. The smallest absolute Gasteiger partial charge is 0.320 e. The average molecular weight is 278 g/mol. The summed E-state index contributed by atoms with van der Waals surface area (Å²) in [5, 5.41) is 8.61. The number of nitrogens with one attached hydrogen (secondary N) is 1. The summed E-state index contributed by atoms with van der Waals surface area (Å²) in [6.07, 6.45) is 1.70. The number of carboxylic acids is 1. The molecular weight excluding hydrogens is 256 g/mol. The van der Waals surface area contributed by atoms with Gasteiger partial charge in [0.05, 0.1) is 13.2 Å². The summed E-state index contributed by atoms with van der Waals surface area (Å²) in [5.74, 6) is -0.730. The summed E-state index contributed by atoms with van der Waals surface area (Å²) in [6.45, 7) is 3.58. The highest BCUT2D eigenvalue weighted by atomic mass is 32.2. The lowest BCUT2D eigenvalue weighted by Crippen LogP contribution is -2.39. The van der Waals surface area contributed by atoms with Crippen LogP contribution in [0.2, 0.25) is 0 Å². The van der Waals surface area contributed by atoms with Gasteiger partial charge in [-0.2, -0.15) is 0 Å².